The molecule has 0 N–H and O–H groups in total. The first-order chi connectivity index (χ1) is 13.1. The highest BCUT2D eigenvalue weighted by Crippen LogP contribution is 2.35. The number of fused-ring (bicyclic) bond motifs is 1. The van der Waals surface area contributed by atoms with Crippen LogP contribution < -0.4 is 5.56 Å². The molecule has 0 bridgehead atoms. The number of para-hydroxylation sites is 1. The molecule has 0 saturated heterocycles. The summed E-state index contributed by atoms with van der Waals surface area (Å²) in [6, 6.07) is 14.8. The highest BCUT2D eigenvalue weighted by molar-refractivity contribution is 7.99. The fraction of sp³-hybridized carbons (Fsp3) is 0.286. The van der Waals surface area contributed by atoms with E-state index in [-0.39, 0.29) is 17.1 Å². The number of Topliss-reactive ketones (excluding diaryl/α,β-unsaturated/α-hetero) is 1. The van der Waals surface area contributed by atoms with Gasteiger partial charge in [-0.2, -0.15) is 4.98 Å². The van der Waals surface area contributed by atoms with Crippen LogP contribution in [-0.2, 0) is 0 Å². The third kappa shape index (κ3) is 3.80. The fourth-order valence-corrected chi connectivity index (χ4v) is 4.72. The van der Waals surface area contributed by atoms with Crippen molar-refractivity contribution in [2.75, 3.05) is 5.75 Å². The van der Waals surface area contributed by atoms with Crippen LogP contribution in [0.3, 0.4) is 0 Å². The molecule has 1 heterocycles. The number of nitrogens with zero attached hydrogens (tertiary/aromatic N) is 2. The average molecular weight is 399 g/mol. The van der Waals surface area contributed by atoms with E-state index in [1.807, 2.05) is 24.3 Å². The van der Waals surface area contributed by atoms with Crippen molar-refractivity contribution in [1.29, 1.82) is 0 Å². The van der Waals surface area contributed by atoms with Gasteiger partial charge in [0.2, 0.25) is 0 Å². The molecule has 1 aliphatic rings. The fourth-order valence-electron chi connectivity index (χ4n) is 3.63. The van der Waals surface area contributed by atoms with Crippen molar-refractivity contribution < 1.29 is 4.79 Å². The molecule has 0 unspecified atom stereocenters. The number of ketones is 1. The molecule has 1 saturated carbocycles. The summed E-state index contributed by atoms with van der Waals surface area (Å²) in [6.07, 6.45) is 4.51. The van der Waals surface area contributed by atoms with Gasteiger partial charge in [0.1, 0.15) is 0 Å². The van der Waals surface area contributed by atoms with Crippen molar-refractivity contribution in [3.63, 3.8) is 0 Å². The molecule has 1 aromatic heterocycles. The maximum atomic E-state index is 12.5. The van der Waals surface area contributed by atoms with E-state index in [9.17, 15) is 9.59 Å². The summed E-state index contributed by atoms with van der Waals surface area (Å²) >= 11 is 7.23. The molecule has 1 aliphatic carbocycles. The highest BCUT2D eigenvalue weighted by atomic mass is 35.5. The molecule has 4 rings (SSSR count). The second kappa shape index (κ2) is 7.87. The Bertz CT molecular complexity index is 1040. The van der Waals surface area contributed by atoms with Gasteiger partial charge in [0.25, 0.3) is 5.56 Å². The smallest absolute Gasteiger partial charge is 0.281 e. The summed E-state index contributed by atoms with van der Waals surface area (Å²) in [6.45, 7) is 0. The second-order valence-electron chi connectivity index (χ2n) is 6.74. The molecule has 0 atom stereocenters. The van der Waals surface area contributed by atoms with Crippen LogP contribution in [0.4, 0.5) is 0 Å². The van der Waals surface area contributed by atoms with Gasteiger partial charge in [-0.15, -0.1) is 0 Å². The van der Waals surface area contributed by atoms with Gasteiger partial charge in [-0.3, -0.25) is 9.59 Å². The molecule has 1 fully saturated rings. The first-order valence-corrected chi connectivity index (χ1v) is 10.4. The summed E-state index contributed by atoms with van der Waals surface area (Å²) in [5.41, 5.74) is 1.29. The lowest BCUT2D eigenvalue weighted by Gasteiger charge is -2.21. The van der Waals surface area contributed by atoms with Gasteiger partial charge in [-0.05, 0) is 49.2 Å². The summed E-state index contributed by atoms with van der Waals surface area (Å²) in [5, 5.41) is 1.87. The van der Waals surface area contributed by atoms with Gasteiger partial charge in [0, 0.05) is 16.6 Å². The molecule has 0 aliphatic heterocycles. The number of benzene rings is 2. The Hall–Kier alpha value is -2.11. The van der Waals surface area contributed by atoms with Crippen LogP contribution in [-0.4, -0.2) is 21.1 Å². The standard InChI is InChI=1S/C21H19ClN2O2S/c22-15-11-9-14(10-12-15)19(25)13-27-21-23-20(26)17-7-3-4-8-18(17)24(21)16-5-1-2-6-16/h3-4,7-12,16H,1-2,5-6,13H2. The summed E-state index contributed by atoms with van der Waals surface area (Å²) < 4.78 is 2.17. The SMILES string of the molecule is O=C(CSc1nc(=O)c2ccccc2n1C1CCCC1)c1ccc(Cl)cc1. The van der Waals surface area contributed by atoms with E-state index in [0.29, 0.717) is 27.2 Å². The van der Waals surface area contributed by atoms with Crippen molar-refractivity contribution in [3.8, 4) is 0 Å². The van der Waals surface area contributed by atoms with E-state index < -0.39 is 0 Å². The number of carbonyl (C=O) groups is 1. The van der Waals surface area contributed by atoms with Crippen LogP contribution in [0, 0.1) is 0 Å². The predicted molar refractivity (Wildman–Crippen MR) is 110 cm³/mol. The monoisotopic (exact) mass is 398 g/mol. The number of aromatic nitrogens is 2. The topological polar surface area (TPSA) is 52.0 Å². The van der Waals surface area contributed by atoms with Gasteiger partial charge >= 0.3 is 0 Å². The quantitative estimate of drug-likeness (QED) is 0.339. The van der Waals surface area contributed by atoms with Crippen LogP contribution in [0.25, 0.3) is 10.9 Å². The number of halogens is 1. The maximum Gasteiger partial charge on any atom is 0.281 e. The van der Waals surface area contributed by atoms with E-state index in [1.54, 1.807) is 24.3 Å². The lowest BCUT2D eigenvalue weighted by molar-refractivity contribution is 0.102. The third-order valence-corrected chi connectivity index (χ3v) is 6.19. The molecule has 0 amide bonds. The largest absolute Gasteiger partial charge is 0.317 e. The zero-order valence-electron chi connectivity index (χ0n) is 14.7. The molecular weight excluding hydrogens is 380 g/mol. The van der Waals surface area contributed by atoms with Crippen molar-refractivity contribution in [2.24, 2.45) is 0 Å². The zero-order chi connectivity index (χ0) is 18.8. The van der Waals surface area contributed by atoms with Crippen LogP contribution in [0.15, 0.2) is 58.5 Å². The Morgan fingerprint density at radius 2 is 1.81 bits per heavy atom. The molecule has 2 aromatic carbocycles. The van der Waals surface area contributed by atoms with E-state index >= 15 is 0 Å². The average Bonchev–Trinajstić information content (AvgIpc) is 3.21. The first-order valence-electron chi connectivity index (χ1n) is 9.06. The molecule has 6 heteroatoms. The Kier molecular flexibility index (Phi) is 5.32. The second-order valence-corrected chi connectivity index (χ2v) is 8.12. The Morgan fingerprint density at radius 1 is 1.11 bits per heavy atom. The van der Waals surface area contributed by atoms with Crippen LogP contribution >= 0.6 is 23.4 Å². The van der Waals surface area contributed by atoms with Crippen LogP contribution in [0.5, 0.6) is 0 Å². The van der Waals surface area contributed by atoms with Crippen molar-refractivity contribution >= 4 is 40.0 Å². The highest BCUT2D eigenvalue weighted by Gasteiger charge is 2.23. The lowest BCUT2D eigenvalue weighted by atomic mass is 10.1. The molecule has 27 heavy (non-hydrogen) atoms. The third-order valence-electron chi connectivity index (χ3n) is 4.99. The summed E-state index contributed by atoms with van der Waals surface area (Å²) in [7, 11) is 0. The number of thioether (sulfide) groups is 1. The van der Waals surface area contributed by atoms with Crippen LogP contribution in [0.1, 0.15) is 42.1 Å². The molecule has 138 valence electrons. The summed E-state index contributed by atoms with van der Waals surface area (Å²) in [4.78, 5) is 29.3. The van der Waals surface area contributed by atoms with E-state index in [2.05, 4.69) is 9.55 Å². The maximum absolute atomic E-state index is 12.5. The molecule has 0 spiro atoms. The van der Waals surface area contributed by atoms with Gasteiger partial charge < -0.3 is 4.57 Å². The zero-order valence-corrected chi connectivity index (χ0v) is 16.3. The molecule has 4 nitrogen and oxygen atoms in total. The lowest BCUT2D eigenvalue weighted by Crippen LogP contribution is -2.19. The number of carbonyl (C=O) groups excluding carboxylic acids is 1. The van der Waals surface area contributed by atoms with Gasteiger partial charge in [-0.1, -0.05) is 48.3 Å². The minimum Gasteiger partial charge on any atom is -0.317 e. The first kappa shape index (κ1) is 18.3. The predicted octanol–water partition coefficient (Wildman–Crippen LogP) is 5.14. The molecular formula is C21H19ClN2O2S. The van der Waals surface area contributed by atoms with Crippen molar-refractivity contribution in [3.05, 3.63) is 69.5 Å². The van der Waals surface area contributed by atoms with E-state index in [0.717, 1.165) is 18.4 Å². The van der Waals surface area contributed by atoms with Gasteiger partial charge in [-0.25, -0.2) is 0 Å². The Morgan fingerprint density at radius 3 is 2.56 bits per heavy atom. The molecule has 3 aromatic rings. The van der Waals surface area contributed by atoms with Crippen molar-refractivity contribution in [2.45, 2.75) is 36.9 Å². The Labute approximate surface area is 166 Å². The minimum absolute atomic E-state index is 0.00273. The van der Waals surface area contributed by atoms with E-state index in [1.165, 1.54) is 24.6 Å². The van der Waals surface area contributed by atoms with Gasteiger partial charge in [0.05, 0.1) is 16.7 Å². The number of rotatable bonds is 5. The van der Waals surface area contributed by atoms with Crippen molar-refractivity contribution in [1.82, 2.24) is 9.55 Å². The van der Waals surface area contributed by atoms with Crippen LogP contribution in [0.2, 0.25) is 5.02 Å². The summed E-state index contributed by atoms with van der Waals surface area (Å²) in [5.74, 6) is 0.233. The normalized spacial score (nSPS) is 14.7. The van der Waals surface area contributed by atoms with E-state index in [4.69, 9.17) is 11.6 Å². The number of hydrogen-bond acceptors (Lipinski definition) is 4. The Balaban J connectivity index is 1.68. The number of hydrogen-bond donors (Lipinski definition) is 0. The molecule has 0 radical (unpaired) electrons. The van der Waals surface area contributed by atoms with Gasteiger partial charge in [0.15, 0.2) is 10.9 Å². The minimum atomic E-state index is -0.235.